The molecule has 132 valence electrons. The molecule has 0 radical (unpaired) electrons. The van der Waals surface area contributed by atoms with E-state index in [1.165, 1.54) is 7.11 Å². The molecular formula is C19H28N2O3. The van der Waals surface area contributed by atoms with Gasteiger partial charge in [-0.25, -0.2) is 4.79 Å². The van der Waals surface area contributed by atoms with Crippen molar-refractivity contribution in [1.82, 2.24) is 9.80 Å². The number of hydrogen-bond acceptors (Lipinski definition) is 4. The monoisotopic (exact) mass is 332 g/mol. The average molecular weight is 332 g/mol. The first-order valence-corrected chi connectivity index (χ1v) is 8.77. The molecule has 5 heteroatoms. The molecule has 0 aliphatic carbocycles. The standard InChI is InChI=1S/C19H28N2O3/c1-4-6-11-20(5-2)14-18(22)21-13-16-10-8-7-9-15(16)12-17(21)19(23)24-3/h7-10,17H,4-6,11-14H2,1-3H3. The summed E-state index contributed by atoms with van der Waals surface area (Å²) in [5.74, 6) is -0.340. The summed E-state index contributed by atoms with van der Waals surface area (Å²) in [4.78, 5) is 28.9. The molecule has 5 nitrogen and oxygen atoms in total. The summed E-state index contributed by atoms with van der Waals surface area (Å²) in [6.07, 6.45) is 2.70. The molecule has 0 bridgehead atoms. The second-order valence-electron chi connectivity index (χ2n) is 6.26. The molecule has 1 aromatic rings. The third kappa shape index (κ3) is 4.35. The third-order valence-corrected chi connectivity index (χ3v) is 4.68. The zero-order valence-electron chi connectivity index (χ0n) is 15.0. The topological polar surface area (TPSA) is 49.9 Å². The Labute approximate surface area is 144 Å². The van der Waals surface area contributed by atoms with Crippen LogP contribution in [0.15, 0.2) is 24.3 Å². The fourth-order valence-corrected chi connectivity index (χ4v) is 3.14. The third-order valence-electron chi connectivity index (χ3n) is 4.68. The molecular weight excluding hydrogens is 304 g/mol. The minimum atomic E-state index is -0.526. The Kier molecular flexibility index (Phi) is 6.79. The SMILES string of the molecule is CCCCN(CC)CC(=O)N1Cc2ccccc2CC1C(=O)OC. The minimum absolute atomic E-state index is 0.00199. The second kappa shape index (κ2) is 8.83. The minimum Gasteiger partial charge on any atom is -0.467 e. The van der Waals surface area contributed by atoms with Crippen LogP contribution in [-0.4, -0.2) is 54.5 Å². The van der Waals surface area contributed by atoms with Crippen molar-refractivity contribution in [3.63, 3.8) is 0 Å². The summed E-state index contributed by atoms with van der Waals surface area (Å²) in [6.45, 7) is 6.77. The Hall–Kier alpha value is -1.88. The van der Waals surface area contributed by atoms with Gasteiger partial charge >= 0.3 is 5.97 Å². The van der Waals surface area contributed by atoms with E-state index in [9.17, 15) is 9.59 Å². The number of ether oxygens (including phenoxy) is 1. The number of benzene rings is 1. The number of esters is 1. The van der Waals surface area contributed by atoms with Crippen LogP contribution in [0.1, 0.15) is 37.8 Å². The van der Waals surface area contributed by atoms with Crippen molar-refractivity contribution in [2.75, 3.05) is 26.7 Å². The van der Waals surface area contributed by atoms with Crippen LogP contribution in [0.2, 0.25) is 0 Å². The van der Waals surface area contributed by atoms with E-state index in [1.54, 1.807) is 4.90 Å². The van der Waals surface area contributed by atoms with Crippen molar-refractivity contribution in [3.8, 4) is 0 Å². The highest BCUT2D eigenvalue weighted by atomic mass is 16.5. The predicted octanol–water partition coefficient (Wildman–Crippen LogP) is 2.23. The van der Waals surface area contributed by atoms with E-state index in [0.717, 1.165) is 37.1 Å². The van der Waals surface area contributed by atoms with Crippen molar-refractivity contribution in [2.24, 2.45) is 0 Å². The number of amides is 1. The lowest BCUT2D eigenvalue weighted by Gasteiger charge is -2.36. The molecule has 1 atom stereocenters. The van der Waals surface area contributed by atoms with Crippen molar-refractivity contribution >= 4 is 11.9 Å². The molecule has 0 spiro atoms. The Bertz CT molecular complexity index is 573. The fraction of sp³-hybridized carbons (Fsp3) is 0.579. The van der Waals surface area contributed by atoms with Crippen molar-refractivity contribution < 1.29 is 14.3 Å². The van der Waals surface area contributed by atoms with Crippen LogP contribution >= 0.6 is 0 Å². The summed E-state index contributed by atoms with van der Waals surface area (Å²) in [5, 5.41) is 0. The van der Waals surface area contributed by atoms with Gasteiger partial charge in [0.1, 0.15) is 6.04 Å². The maximum Gasteiger partial charge on any atom is 0.328 e. The molecule has 1 aromatic carbocycles. The van der Waals surface area contributed by atoms with Gasteiger partial charge in [-0.3, -0.25) is 9.69 Å². The first kappa shape index (κ1) is 18.5. The highest BCUT2D eigenvalue weighted by molar-refractivity contribution is 5.86. The molecule has 1 amide bonds. The molecule has 2 rings (SSSR count). The molecule has 0 N–H and O–H groups in total. The van der Waals surface area contributed by atoms with Gasteiger partial charge < -0.3 is 9.64 Å². The zero-order chi connectivity index (χ0) is 17.5. The number of nitrogens with zero attached hydrogens (tertiary/aromatic N) is 2. The van der Waals surface area contributed by atoms with Crippen molar-refractivity contribution in [3.05, 3.63) is 35.4 Å². The lowest BCUT2D eigenvalue weighted by Crippen LogP contribution is -2.52. The number of methoxy groups -OCH3 is 1. The van der Waals surface area contributed by atoms with Gasteiger partial charge in [-0.15, -0.1) is 0 Å². The van der Waals surface area contributed by atoms with Crippen LogP contribution in [0.3, 0.4) is 0 Å². The number of carbonyl (C=O) groups excluding carboxylic acids is 2. The Morgan fingerprint density at radius 1 is 1.25 bits per heavy atom. The quantitative estimate of drug-likeness (QED) is 0.719. The van der Waals surface area contributed by atoms with Gasteiger partial charge in [-0.05, 0) is 30.6 Å². The Morgan fingerprint density at radius 3 is 2.58 bits per heavy atom. The van der Waals surface area contributed by atoms with Crippen molar-refractivity contribution in [1.29, 1.82) is 0 Å². The smallest absolute Gasteiger partial charge is 0.328 e. The molecule has 0 aromatic heterocycles. The van der Waals surface area contributed by atoms with Gasteiger partial charge in [0.05, 0.1) is 13.7 Å². The van der Waals surface area contributed by atoms with Crippen LogP contribution in [0.4, 0.5) is 0 Å². The van der Waals surface area contributed by atoms with Gasteiger partial charge in [0.15, 0.2) is 0 Å². The molecule has 0 saturated heterocycles. The van der Waals surface area contributed by atoms with Gasteiger partial charge in [0.2, 0.25) is 5.91 Å². The molecule has 24 heavy (non-hydrogen) atoms. The fourth-order valence-electron chi connectivity index (χ4n) is 3.14. The van der Waals surface area contributed by atoms with Crippen LogP contribution < -0.4 is 0 Å². The lowest BCUT2D eigenvalue weighted by molar-refractivity contribution is -0.154. The number of hydrogen-bond donors (Lipinski definition) is 0. The average Bonchev–Trinajstić information content (AvgIpc) is 2.63. The second-order valence-corrected chi connectivity index (χ2v) is 6.26. The lowest BCUT2D eigenvalue weighted by atomic mass is 9.94. The van der Waals surface area contributed by atoms with Crippen LogP contribution in [-0.2, 0) is 27.3 Å². The van der Waals surface area contributed by atoms with E-state index in [0.29, 0.717) is 19.5 Å². The van der Waals surface area contributed by atoms with Crippen LogP contribution in [0, 0.1) is 0 Å². The summed E-state index contributed by atoms with van der Waals surface area (Å²) < 4.78 is 4.93. The van der Waals surface area contributed by atoms with E-state index in [1.807, 2.05) is 24.3 Å². The number of carbonyl (C=O) groups is 2. The summed E-state index contributed by atoms with van der Waals surface area (Å²) in [7, 11) is 1.38. The van der Waals surface area contributed by atoms with Gasteiger partial charge in [-0.2, -0.15) is 0 Å². The van der Waals surface area contributed by atoms with Gasteiger partial charge in [-0.1, -0.05) is 44.5 Å². The predicted molar refractivity (Wildman–Crippen MR) is 93.5 cm³/mol. The zero-order valence-corrected chi connectivity index (χ0v) is 15.0. The highest BCUT2D eigenvalue weighted by Gasteiger charge is 2.35. The molecule has 1 unspecified atom stereocenters. The van der Waals surface area contributed by atoms with E-state index in [2.05, 4.69) is 18.7 Å². The first-order chi connectivity index (χ1) is 11.6. The summed E-state index contributed by atoms with van der Waals surface area (Å²) in [6, 6.07) is 7.46. The van der Waals surface area contributed by atoms with Crippen molar-refractivity contribution in [2.45, 2.75) is 45.7 Å². The maximum absolute atomic E-state index is 12.8. The van der Waals surface area contributed by atoms with E-state index < -0.39 is 6.04 Å². The number of unbranched alkanes of at least 4 members (excludes halogenated alkanes) is 1. The van der Waals surface area contributed by atoms with Crippen LogP contribution in [0.5, 0.6) is 0 Å². The molecule has 0 saturated carbocycles. The highest BCUT2D eigenvalue weighted by Crippen LogP contribution is 2.24. The molecule has 0 fully saturated rings. The van der Waals surface area contributed by atoms with Gasteiger partial charge in [0.25, 0.3) is 0 Å². The maximum atomic E-state index is 12.8. The first-order valence-electron chi connectivity index (χ1n) is 8.77. The van der Waals surface area contributed by atoms with E-state index in [4.69, 9.17) is 4.74 Å². The summed E-state index contributed by atoms with van der Waals surface area (Å²) in [5.41, 5.74) is 2.23. The van der Waals surface area contributed by atoms with E-state index >= 15 is 0 Å². The Morgan fingerprint density at radius 2 is 1.96 bits per heavy atom. The number of rotatable bonds is 7. The van der Waals surface area contributed by atoms with Crippen LogP contribution in [0.25, 0.3) is 0 Å². The molecule has 1 heterocycles. The number of likely N-dealkylation sites (N-methyl/N-ethyl adjacent to an activating group) is 1. The van der Waals surface area contributed by atoms with E-state index in [-0.39, 0.29) is 11.9 Å². The van der Waals surface area contributed by atoms with Gasteiger partial charge in [0, 0.05) is 13.0 Å². The summed E-state index contributed by atoms with van der Waals surface area (Å²) >= 11 is 0. The normalized spacial score (nSPS) is 16.8. The number of fused-ring (bicyclic) bond motifs is 1. The Balaban J connectivity index is 2.15. The molecule has 1 aliphatic heterocycles. The largest absolute Gasteiger partial charge is 0.467 e. The molecule has 1 aliphatic rings.